The van der Waals surface area contributed by atoms with Crippen LogP contribution in [0.2, 0.25) is 0 Å². The lowest BCUT2D eigenvalue weighted by Gasteiger charge is -2.15. The molecule has 2 heterocycles. The molecule has 31 heavy (non-hydrogen) atoms. The molecule has 0 unspecified atom stereocenters. The second-order valence-electron chi connectivity index (χ2n) is 7.40. The molecule has 1 aromatic heterocycles. The van der Waals surface area contributed by atoms with E-state index in [4.69, 9.17) is 9.47 Å². The molecule has 0 fully saturated rings. The van der Waals surface area contributed by atoms with Gasteiger partial charge in [0.05, 0.1) is 23.6 Å². The topological polar surface area (TPSA) is 99.5 Å². The highest BCUT2D eigenvalue weighted by molar-refractivity contribution is 5.95. The van der Waals surface area contributed by atoms with Crippen LogP contribution in [0.4, 0.5) is 0 Å². The van der Waals surface area contributed by atoms with Gasteiger partial charge in [0.15, 0.2) is 6.10 Å². The summed E-state index contributed by atoms with van der Waals surface area (Å²) in [6.45, 7) is 2.43. The number of methoxy groups -OCH3 is 1. The lowest BCUT2D eigenvalue weighted by atomic mass is 10.1. The van der Waals surface area contributed by atoms with Crippen molar-refractivity contribution in [1.29, 1.82) is 0 Å². The molecular formula is C23H23N3O5. The van der Waals surface area contributed by atoms with Gasteiger partial charge in [-0.2, -0.15) is 0 Å². The van der Waals surface area contributed by atoms with E-state index in [1.807, 2.05) is 18.2 Å². The average molecular weight is 421 g/mol. The van der Waals surface area contributed by atoms with E-state index in [0.717, 1.165) is 24.2 Å². The Balaban J connectivity index is 1.43. The summed E-state index contributed by atoms with van der Waals surface area (Å²) >= 11 is 0. The largest absolute Gasteiger partial charge is 0.496 e. The molecule has 3 aromatic rings. The number of hydrogen-bond donors (Lipinski definition) is 1. The van der Waals surface area contributed by atoms with Crippen molar-refractivity contribution in [2.24, 2.45) is 0 Å². The van der Waals surface area contributed by atoms with Gasteiger partial charge in [-0.1, -0.05) is 18.2 Å². The maximum Gasteiger partial charge on any atom is 0.338 e. The van der Waals surface area contributed by atoms with Crippen LogP contribution in [0.3, 0.4) is 0 Å². The highest BCUT2D eigenvalue weighted by atomic mass is 16.5. The molecule has 1 amide bonds. The molecule has 160 valence electrons. The number of carbonyl (C=O) groups excluding carboxylic acids is 2. The Morgan fingerprint density at radius 3 is 2.84 bits per heavy atom. The third-order valence-corrected chi connectivity index (χ3v) is 5.35. The van der Waals surface area contributed by atoms with Gasteiger partial charge < -0.3 is 14.8 Å². The molecule has 0 saturated heterocycles. The van der Waals surface area contributed by atoms with E-state index < -0.39 is 18.0 Å². The highest BCUT2D eigenvalue weighted by Gasteiger charge is 2.21. The first-order valence-corrected chi connectivity index (χ1v) is 10.1. The van der Waals surface area contributed by atoms with Crippen molar-refractivity contribution in [2.75, 3.05) is 7.11 Å². The van der Waals surface area contributed by atoms with Crippen molar-refractivity contribution < 1.29 is 19.1 Å². The Bertz CT molecular complexity index is 1220. The fraction of sp³-hybridized carbons (Fsp3) is 0.304. The number of aryl methyl sites for hydroxylation is 1. The van der Waals surface area contributed by atoms with Gasteiger partial charge in [-0.05, 0) is 37.6 Å². The van der Waals surface area contributed by atoms with Crippen molar-refractivity contribution in [3.63, 3.8) is 0 Å². The lowest BCUT2D eigenvalue weighted by molar-refractivity contribution is -0.129. The third-order valence-electron chi connectivity index (χ3n) is 5.35. The smallest absolute Gasteiger partial charge is 0.338 e. The maximum atomic E-state index is 12.6. The summed E-state index contributed by atoms with van der Waals surface area (Å²) in [6, 6.07) is 12.0. The molecule has 8 heteroatoms. The van der Waals surface area contributed by atoms with Crippen LogP contribution in [0.1, 0.15) is 35.1 Å². The summed E-state index contributed by atoms with van der Waals surface area (Å²) < 4.78 is 12.3. The number of nitrogens with zero attached hydrogens (tertiary/aromatic N) is 2. The Labute approximate surface area is 178 Å². The molecule has 1 aliphatic rings. The summed E-state index contributed by atoms with van der Waals surface area (Å²) in [6.07, 6.45) is 0.634. The molecule has 1 atom stereocenters. The molecule has 0 saturated carbocycles. The van der Waals surface area contributed by atoms with E-state index >= 15 is 0 Å². The predicted molar refractivity (Wildman–Crippen MR) is 114 cm³/mol. The van der Waals surface area contributed by atoms with Gasteiger partial charge in [-0.3, -0.25) is 14.2 Å². The zero-order chi connectivity index (χ0) is 22.0. The second-order valence-corrected chi connectivity index (χ2v) is 7.40. The predicted octanol–water partition coefficient (Wildman–Crippen LogP) is 2.21. The number of ether oxygens (including phenoxy) is 2. The zero-order valence-corrected chi connectivity index (χ0v) is 17.4. The summed E-state index contributed by atoms with van der Waals surface area (Å²) in [7, 11) is 1.56. The fourth-order valence-corrected chi connectivity index (χ4v) is 3.67. The van der Waals surface area contributed by atoms with E-state index in [1.165, 1.54) is 19.1 Å². The number of rotatable bonds is 6. The number of carbonyl (C=O) groups is 2. The number of esters is 1. The minimum atomic E-state index is -0.989. The van der Waals surface area contributed by atoms with Gasteiger partial charge in [0.1, 0.15) is 11.6 Å². The highest BCUT2D eigenvalue weighted by Crippen LogP contribution is 2.18. The van der Waals surface area contributed by atoms with Crippen molar-refractivity contribution in [2.45, 2.75) is 39.0 Å². The number of hydrogen-bond acceptors (Lipinski definition) is 6. The molecule has 2 aromatic carbocycles. The van der Waals surface area contributed by atoms with Crippen LogP contribution < -0.4 is 15.6 Å². The Morgan fingerprint density at radius 1 is 1.23 bits per heavy atom. The van der Waals surface area contributed by atoms with Crippen molar-refractivity contribution in [3.05, 3.63) is 69.8 Å². The molecule has 8 nitrogen and oxygen atoms in total. The first-order valence-electron chi connectivity index (χ1n) is 10.1. The SMILES string of the molecule is COc1ccccc1CNC(=O)[C@H](C)OC(=O)c1ccc2c(=O)n3c(nc2c1)CCC3. The number of nitrogens with one attached hydrogen (secondary N) is 1. The number of benzene rings is 2. The van der Waals surface area contributed by atoms with Crippen LogP contribution >= 0.6 is 0 Å². The van der Waals surface area contributed by atoms with Crippen LogP contribution in [0.5, 0.6) is 5.75 Å². The summed E-state index contributed by atoms with van der Waals surface area (Å²) in [4.78, 5) is 42.0. The molecule has 0 aliphatic carbocycles. The fourth-order valence-electron chi connectivity index (χ4n) is 3.67. The van der Waals surface area contributed by atoms with Gasteiger partial charge >= 0.3 is 5.97 Å². The van der Waals surface area contributed by atoms with Gasteiger partial charge in [0.25, 0.3) is 11.5 Å². The average Bonchev–Trinajstić information content (AvgIpc) is 3.26. The molecule has 0 radical (unpaired) electrons. The van der Waals surface area contributed by atoms with Gasteiger partial charge in [-0.25, -0.2) is 9.78 Å². The van der Waals surface area contributed by atoms with Crippen molar-refractivity contribution >= 4 is 22.8 Å². The maximum absolute atomic E-state index is 12.6. The summed E-state index contributed by atoms with van der Waals surface area (Å²) in [5.41, 5.74) is 1.42. The molecule has 4 rings (SSSR count). The Hall–Kier alpha value is -3.68. The Morgan fingerprint density at radius 2 is 2.03 bits per heavy atom. The number of para-hydroxylation sites is 1. The van der Waals surface area contributed by atoms with Crippen LogP contribution in [-0.4, -0.2) is 34.6 Å². The van der Waals surface area contributed by atoms with E-state index in [-0.39, 0.29) is 17.7 Å². The summed E-state index contributed by atoms with van der Waals surface area (Å²) in [5, 5.41) is 3.21. The monoisotopic (exact) mass is 421 g/mol. The first kappa shape index (κ1) is 20.6. The van der Waals surface area contributed by atoms with Crippen LogP contribution in [0.15, 0.2) is 47.3 Å². The van der Waals surface area contributed by atoms with Crippen LogP contribution in [0.25, 0.3) is 10.9 Å². The second kappa shape index (κ2) is 8.59. The minimum absolute atomic E-state index is 0.0958. The first-order chi connectivity index (χ1) is 15.0. The van der Waals surface area contributed by atoms with Gasteiger partial charge in [0.2, 0.25) is 0 Å². The quantitative estimate of drug-likeness (QED) is 0.613. The van der Waals surface area contributed by atoms with E-state index in [1.54, 1.807) is 23.8 Å². The minimum Gasteiger partial charge on any atom is -0.496 e. The Kier molecular flexibility index (Phi) is 5.70. The van der Waals surface area contributed by atoms with Crippen molar-refractivity contribution in [1.82, 2.24) is 14.9 Å². The zero-order valence-electron chi connectivity index (χ0n) is 17.4. The van der Waals surface area contributed by atoms with E-state index in [9.17, 15) is 14.4 Å². The van der Waals surface area contributed by atoms with Gasteiger partial charge in [-0.15, -0.1) is 0 Å². The molecule has 1 N–H and O–H groups in total. The molecule has 1 aliphatic heterocycles. The molecular weight excluding hydrogens is 398 g/mol. The summed E-state index contributed by atoms with van der Waals surface area (Å²) in [5.74, 6) is 0.323. The van der Waals surface area contributed by atoms with E-state index in [0.29, 0.717) is 23.2 Å². The third kappa shape index (κ3) is 4.14. The van der Waals surface area contributed by atoms with Crippen molar-refractivity contribution in [3.8, 4) is 5.75 Å². The van der Waals surface area contributed by atoms with E-state index in [2.05, 4.69) is 10.3 Å². The number of amides is 1. The molecule has 0 bridgehead atoms. The standard InChI is InChI=1S/C23H23N3O5/c1-14(21(27)24-13-16-6-3-4-7-19(16)30-2)31-23(29)15-9-10-17-18(12-15)25-20-8-5-11-26(20)22(17)28/h3-4,6-7,9-10,12,14H,5,8,11,13H2,1-2H3,(H,24,27)/t14-/m0/s1. The molecule has 0 spiro atoms. The van der Waals surface area contributed by atoms with Gasteiger partial charge in [0, 0.05) is 25.1 Å². The number of aromatic nitrogens is 2. The van der Waals surface area contributed by atoms with Crippen LogP contribution in [-0.2, 0) is 29.0 Å². The lowest BCUT2D eigenvalue weighted by Crippen LogP contribution is -2.35. The van der Waals surface area contributed by atoms with Crippen LogP contribution in [0, 0.1) is 0 Å². The number of fused-ring (bicyclic) bond motifs is 2. The normalized spacial score (nSPS) is 13.5.